The normalized spacial score (nSPS) is 20.6. The standard InChI is InChI=1S/C21H27ClO5S/c22-15-6-5-7-17(12-15)27-13-16(23)14-28-20-11-10-19(24)18(20)8-3-1-2-4-9-21(25)26/h1,3,5-7,12,16,18,20,23H,2,4,8-11,13-14H2,(H,25,26)/b3-1-/t16-,18-,20-/m0/s1. The van der Waals surface area contributed by atoms with E-state index in [2.05, 4.69) is 0 Å². The third kappa shape index (κ3) is 8.25. The number of Topliss-reactive ketones (excluding diaryl/α,β-unsaturated/α-hetero) is 1. The van der Waals surface area contributed by atoms with Gasteiger partial charge in [-0.1, -0.05) is 29.8 Å². The highest BCUT2D eigenvalue weighted by atomic mass is 35.5. The fraction of sp³-hybridized carbons (Fsp3) is 0.524. The van der Waals surface area contributed by atoms with E-state index in [1.807, 2.05) is 12.2 Å². The van der Waals surface area contributed by atoms with E-state index in [-0.39, 0.29) is 30.0 Å². The van der Waals surface area contributed by atoms with Crippen LogP contribution in [0, 0.1) is 5.92 Å². The van der Waals surface area contributed by atoms with Gasteiger partial charge in [0.05, 0.1) is 6.10 Å². The van der Waals surface area contributed by atoms with E-state index in [9.17, 15) is 14.7 Å². The molecule has 1 aliphatic rings. The summed E-state index contributed by atoms with van der Waals surface area (Å²) < 4.78 is 5.56. The molecule has 0 unspecified atom stereocenters. The molecule has 0 bridgehead atoms. The van der Waals surface area contributed by atoms with Gasteiger partial charge in [0.15, 0.2) is 0 Å². The summed E-state index contributed by atoms with van der Waals surface area (Å²) in [5.74, 6) is 0.600. The Morgan fingerprint density at radius 3 is 2.96 bits per heavy atom. The van der Waals surface area contributed by atoms with E-state index in [0.717, 1.165) is 6.42 Å². The molecule has 1 aromatic rings. The number of halogens is 1. The SMILES string of the molecule is O=C(O)CCC/C=C\C[C@H]1C(=O)CC[C@@H]1SC[C@@H](O)COc1cccc(Cl)c1. The average molecular weight is 427 g/mol. The fourth-order valence-corrected chi connectivity index (χ4v) is 4.65. The minimum atomic E-state index is -0.784. The van der Waals surface area contributed by atoms with Gasteiger partial charge in [-0.25, -0.2) is 0 Å². The van der Waals surface area contributed by atoms with Gasteiger partial charge in [0.25, 0.3) is 0 Å². The molecule has 1 aliphatic carbocycles. The van der Waals surface area contributed by atoms with Crippen molar-refractivity contribution in [3.8, 4) is 5.75 Å². The molecule has 0 heterocycles. The molecular weight excluding hydrogens is 400 g/mol. The zero-order valence-electron chi connectivity index (χ0n) is 15.8. The van der Waals surface area contributed by atoms with E-state index >= 15 is 0 Å². The fourth-order valence-electron chi connectivity index (χ4n) is 3.12. The summed E-state index contributed by atoms with van der Waals surface area (Å²) in [5.41, 5.74) is 0. The number of aliphatic hydroxyl groups excluding tert-OH is 1. The predicted molar refractivity (Wildman–Crippen MR) is 112 cm³/mol. The second-order valence-corrected chi connectivity index (χ2v) is 8.61. The number of ether oxygens (including phenoxy) is 1. The molecule has 0 aliphatic heterocycles. The molecule has 1 saturated carbocycles. The Balaban J connectivity index is 1.70. The van der Waals surface area contributed by atoms with Gasteiger partial charge in [0, 0.05) is 34.8 Å². The molecular formula is C21H27ClO5S. The average Bonchev–Trinajstić information content (AvgIpc) is 3.01. The maximum atomic E-state index is 12.2. The molecule has 28 heavy (non-hydrogen) atoms. The molecule has 0 amide bonds. The Hall–Kier alpha value is -1.50. The number of carbonyl (C=O) groups is 2. The zero-order valence-corrected chi connectivity index (χ0v) is 17.3. The van der Waals surface area contributed by atoms with Crippen LogP contribution in [0.2, 0.25) is 5.02 Å². The van der Waals surface area contributed by atoms with Crippen LogP contribution in [-0.2, 0) is 9.59 Å². The van der Waals surface area contributed by atoms with Gasteiger partial charge in [-0.15, -0.1) is 0 Å². The lowest BCUT2D eigenvalue weighted by Crippen LogP contribution is -2.23. The molecule has 0 radical (unpaired) electrons. The molecule has 2 rings (SSSR count). The predicted octanol–water partition coefficient (Wildman–Crippen LogP) is 4.36. The Morgan fingerprint density at radius 2 is 2.21 bits per heavy atom. The van der Waals surface area contributed by atoms with Crippen molar-refractivity contribution in [2.75, 3.05) is 12.4 Å². The second-order valence-electron chi connectivity index (χ2n) is 6.90. The molecule has 0 saturated heterocycles. The van der Waals surface area contributed by atoms with Crippen LogP contribution in [0.15, 0.2) is 36.4 Å². The molecule has 1 fully saturated rings. The van der Waals surface area contributed by atoms with Gasteiger partial charge < -0.3 is 14.9 Å². The summed E-state index contributed by atoms with van der Waals surface area (Å²) in [6.07, 6.45) is 6.93. The van der Waals surface area contributed by atoms with Gasteiger partial charge in [0.2, 0.25) is 0 Å². The summed E-state index contributed by atoms with van der Waals surface area (Å²) in [4.78, 5) is 22.6. The van der Waals surface area contributed by atoms with Crippen LogP contribution in [0.3, 0.4) is 0 Å². The van der Waals surface area contributed by atoms with Crippen molar-refractivity contribution < 1.29 is 24.5 Å². The van der Waals surface area contributed by atoms with E-state index in [4.69, 9.17) is 21.4 Å². The number of carboxylic acids is 1. The topological polar surface area (TPSA) is 83.8 Å². The van der Waals surface area contributed by atoms with Crippen molar-refractivity contribution in [3.05, 3.63) is 41.4 Å². The van der Waals surface area contributed by atoms with Gasteiger partial charge in [-0.2, -0.15) is 11.8 Å². The third-order valence-corrected chi connectivity index (χ3v) is 6.40. The third-order valence-electron chi connectivity index (χ3n) is 4.60. The summed E-state index contributed by atoms with van der Waals surface area (Å²) in [6, 6.07) is 7.05. The number of carboxylic acid groups (broad SMARTS) is 1. The van der Waals surface area contributed by atoms with Crippen molar-refractivity contribution in [2.24, 2.45) is 5.92 Å². The number of ketones is 1. The van der Waals surface area contributed by atoms with Crippen molar-refractivity contribution >= 4 is 35.1 Å². The minimum absolute atomic E-state index is 0.0261. The minimum Gasteiger partial charge on any atom is -0.491 e. The van der Waals surface area contributed by atoms with Crippen LogP contribution in [0.5, 0.6) is 5.75 Å². The van der Waals surface area contributed by atoms with Gasteiger partial charge in [0.1, 0.15) is 18.1 Å². The highest BCUT2D eigenvalue weighted by Gasteiger charge is 2.34. The zero-order chi connectivity index (χ0) is 20.4. The van der Waals surface area contributed by atoms with Crippen LogP contribution in [0.1, 0.15) is 38.5 Å². The number of hydrogen-bond acceptors (Lipinski definition) is 5. The monoisotopic (exact) mass is 426 g/mol. The number of benzene rings is 1. The number of rotatable bonds is 12. The number of carbonyl (C=O) groups excluding carboxylic acids is 1. The van der Waals surface area contributed by atoms with Gasteiger partial charge >= 0.3 is 5.97 Å². The van der Waals surface area contributed by atoms with Crippen molar-refractivity contribution in [1.29, 1.82) is 0 Å². The smallest absolute Gasteiger partial charge is 0.303 e. The van der Waals surface area contributed by atoms with Crippen LogP contribution in [-0.4, -0.2) is 45.7 Å². The molecule has 3 atom stereocenters. The largest absolute Gasteiger partial charge is 0.491 e. The molecule has 154 valence electrons. The Labute approximate surface area is 175 Å². The summed E-state index contributed by atoms with van der Waals surface area (Å²) in [7, 11) is 0. The Kier molecular flexibility index (Phi) is 9.88. The first-order valence-electron chi connectivity index (χ1n) is 9.53. The number of aliphatic carboxylic acids is 1. The van der Waals surface area contributed by atoms with E-state index < -0.39 is 12.1 Å². The van der Waals surface area contributed by atoms with Gasteiger partial charge in [-0.05, 0) is 43.9 Å². The first-order valence-corrected chi connectivity index (χ1v) is 11.0. The number of allylic oxidation sites excluding steroid dienone is 2. The van der Waals surface area contributed by atoms with Crippen molar-refractivity contribution in [2.45, 2.75) is 49.9 Å². The molecule has 0 aromatic heterocycles. The number of thioether (sulfide) groups is 1. The highest BCUT2D eigenvalue weighted by molar-refractivity contribution is 8.00. The molecule has 7 heteroatoms. The van der Waals surface area contributed by atoms with Crippen LogP contribution in [0.4, 0.5) is 0 Å². The molecule has 0 spiro atoms. The van der Waals surface area contributed by atoms with Crippen LogP contribution >= 0.6 is 23.4 Å². The lowest BCUT2D eigenvalue weighted by molar-refractivity contribution is -0.137. The maximum absolute atomic E-state index is 12.2. The van der Waals surface area contributed by atoms with E-state index in [1.54, 1.807) is 36.0 Å². The van der Waals surface area contributed by atoms with E-state index in [0.29, 0.717) is 42.2 Å². The quantitative estimate of drug-likeness (QED) is 0.381. The highest BCUT2D eigenvalue weighted by Crippen LogP contribution is 2.35. The summed E-state index contributed by atoms with van der Waals surface area (Å²) >= 11 is 7.54. The molecule has 1 aromatic carbocycles. The second kappa shape index (κ2) is 12.1. The van der Waals surface area contributed by atoms with Crippen molar-refractivity contribution in [1.82, 2.24) is 0 Å². The number of hydrogen-bond donors (Lipinski definition) is 2. The van der Waals surface area contributed by atoms with Gasteiger partial charge in [-0.3, -0.25) is 9.59 Å². The van der Waals surface area contributed by atoms with Crippen molar-refractivity contribution in [3.63, 3.8) is 0 Å². The van der Waals surface area contributed by atoms with Crippen LogP contribution in [0.25, 0.3) is 0 Å². The first-order chi connectivity index (χ1) is 13.5. The number of aliphatic hydroxyl groups is 1. The maximum Gasteiger partial charge on any atom is 0.303 e. The summed E-state index contributed by atoms with van der Waals surface area (Å²) in [6.45, 7) is 0.183. The Morgan fingerprint density at radius 1 is 1.39 bits per heavy atom. The number of unbranched alkanes of at least 4 members (excludes halogenated alkanes) is 1. The molecule has 5 nitrogen and oxygen atoms in total. The molecule has 2 N–H and O–H groups in total. The first kappa shape index (κ1) is 22.8. The summed E-state index contributed by atoms with van der Waals surface area (Å²) in [5, 5.41) is 19.6. The Bertz CT molecular complexity index is 679. The van der Waals surface area contributed by atoms with Crippen LogP contribution < -0.4 is 4.74 Å². The lowest BCUT2D eigenvalue weighted by Gasteiger charge is -2.19. The lowest BCUT2D eigenvalue weighted by atomic mass is 10.0. The van der Waals surface area contributed by atoms with E-state index in [1.165, 1.54) is 0 Å².